The van der Waals surface area contributed by atoms with Gasteiger partial charge in [0.25, 0.3) is 0 Å². The number of aliphatic hydroxyl groups excluding tert-OH is 1. The zero-order chi connectivity index (χ0) is 10.5. The fourth-order valence-corrected chi connectivity index (χ4v) is 1.69. The lowest BCUT2D eigenvalue weighted by atomic mass is 10.1. The number of hydrogen-bond donors (Lipinski definition) is 1. The molecule has 15 heavy (non-hydrogen) atoms. The van der Waals surface area contributed by atoms with Crippen LogP contribution in [0, 0.1) is 0 Å². The fraction of sp³-hybridized carbons (Fsp3) is 0.500. The Balaban J connectivity index is 1.91. The maximum atomic E-state index is 9.27. The van der Waals surface area contributed by atoms with Crippen LogP contribution < -0.4 is 0 Å². The van der Waals surface area contributed by atoms with Gasteiger partial charge in [0.1, 0.15) is 17.6 Å². The van der Waals surface area contributed by atoms with E-state index in [1.807, 2.05) is 12.2 Å². The standard InChI is InChI=1S/C12H16O3/c13-10-2-1-3-11(5-4-10)15-12-6-8-14-9-7-12/h1-2,4-5,12-13H,3,6-9H2. The average Bonchev–Trinajstić information content (AvgIpc) is 2.46. The van der Waals surface area contributed by atoms with Gasteiger partial charge in [0, 0.05) is 19.3 Å². The minimum absolute atomic E-state index is 0.270. The van der Waals surface area contributed by atoms with Crippen molar-refractivity contribution in [3.05, 3.63) is 35.8 Å². The topological polar surface area (TPSA) is 38.7 Å². The predicted molar refractivity (Wildman–Crippen MR) is 57.5 cm³/mol. The van der Waals surface area contributed by atoms with Crippen LogP contribution in [0.5, 0.6) is 0 Å². The summed E-state index contributed by atoms with van der Waals surface area (Å²) in [4.78, 5) is 0. The summed E-state index contributed by atoms with van der Waals surface area (Å²) in [5.41, 5.74) is 0. The highest BCUT2D eigenvalue weighted by molar-refractivity contribution is 5.24. The Hall–Kier alpha value is -1.22. The van der Waals surface area contributed by atoms with Crippen LogP contribution in [0.3, 0.4) is 0 Å². The van der Waals surface area contributed by atoms with E-state index in [0.717, 1.165) is 38.2 Å². The number of hydrogen-bond acceptors (Lipinski definition) is 3. The van der Waals surface area contributed by atoms with Crippen molar-refractivity contribution < 1.29 is 14.6 Å². The lowest BCUT2D eigenvalue weighted by molar-refractivity contribution is -0.00489. The van der Waals surface area contributed by atoms with Gasteiger partial charge in [0.15, 0.2) is 0 Å². The molecule has 1 heterocycles. The molecular weight excluding hydrogens is 192 g/mol. The molecule has 1 aliphatic carbocycles. The second-order valence-electron chi connectivity index (χ2n) is 3.76. The van der Waals surface area contributed by atoms with Gasteiger partial charge in [-0.05, 0) is 18.2 Å². The fourth-order valence-electron chi connectivity index (χ4n) is 1.69. The number of allylic oxidation sites excluding steroid dienone is 4. The normalized spacial score (nSPS) is 22.9. The third-order valence-electron chi connectivity index (χ3n) is 2.53. The SMILES string of the molecule is OC1=CC=C(OC2CCOCC2)CC=C1. The quantitative estimate of drug-likeness (QED) is 0.757. The first kappa shape index (κ1) is 10.3. The van der Waals surface area contributed by atoms with Crippen molar-refractivity contribution in [2.24, 2.45) is 0 Å². The molecule has 0 saturated carbocycles. The van der Waals surface area contributed by atoms with Crippen molar-refractivity contribution in [2.75, 3.05) is 13.2 Å². The van der Waals surface area contributed by atoms with Crippen LogP contribution in [-0.2, 0) is 9.47 Å². The Morgan fingerprint density at radius 2 is 2.07 bits per heavy atom. The molecule has 1 N–H and O–H groups in total. The molecule has 0 atom stereocenters. The van der Waals surface area contributed by atoms with Gasteiger partial charge in [-0.15, -0.1) is 0 Å². The van der Waals surface area contributed by atoms with E-state index in [0.29, 0.717) is 0 Å². The van der Waals surface area contributed by atoms with E-state index in [4.69, 9.17) is 9.47 Å². The van der Waals surface area contributed by atoms with Crippen molar-refractivity contribution >= 4 is 0 Å². The Morgan fingerprint density at radius 3 is 2.87 bits per heavy atom. The second kappa shape index (κ2) is 5.03. The minimum Gasteiger partial charge on any atom is -0.508 e. The first-order valence-electron chi connectivity index (χ1n) is 5.35. The van der Waals surface area contributed by atoms with E-state index >= 15 is 0 Å². The highest BCUT2D eigenvalue weighted by atomic mass is 16.5. The van der Waals surface area contributed by atoms with E-state index in [-0.39, 0.29) is 11.9 Å². The summed E-state index contributed by atoms with van der Waals surface area (Å²) in [6.45, 7) is 1.57. The smallest absolute Gasteiger partial charge is 0.115 e. The number of ether oxygens (including phenoxy) is 2. The van der Waals surface area contributed by atoms with Crippen LogP contribution in [0.1, 0.15) is 19.3 Å². The predicted octanol–water partition coefficient (Wildman–Crippen LogP) is 2.47. The van der Waals surface area contributed by atoms with Gasteiger partial charge in [-0.1, -0.05) is 6.08 Å². The Kier molecular flexibility index (Phi) is 3.45. The van der Waals surface area contributed by atoms with Gasteiger partial charge < -0.3 is 14.6 Å². The summed E-state index contributed by atoms with van der Waals surface area (Å²) in [6, 6.07) is 0. The highest BCUT2D eigenvalue weighted by Gasteiger charge is 2.15. The Bertz CT molecular complexity index is 296. The van der Waals surface area contributed by atoms with Gasteiger partial charge in [-0.3, -0.25) is 0 Å². The molecule has 0 aromatic heterocycles. The van der Waals surface area contributed by atoms with Crippen molar-refractivity contribution in [1.82, 2.24) is 0 Å². The molecule has 0 spiro atoms. The van der Waals surface area contributed by atoms with Gasteiger partial charge in [0.05, 0.1) is 13.2 Å². The van der Waals surface area contributed by atoms with Crippen LogP contribution in [0.2, 0.25) is 0 Å². The largest absolute Gasteiger partial charge is 0.508 e. The van der Waals surface area contributed by atoms with Gasteiger partial charge in [-0.2, -0.15) is 0 Å². The third-order valence-corrected chi connectivity index (χ3v) is 2.53. The summed E-state index contributed by atoms with van der Waals surface area (Å²) in [5, 5.41) is 9.27. The van der Waals surface area contributed by atoms with Gasteiger partial charge >= 0.3 is 0 Å². The number of aliphatic hydroxyl groups is 1. The van der Waals surface area contributed by atoms with Crippen LogP contribution in [0.25, 0.3) is 0 Å². The molecule has 0 aromatic carbocycles. The zero-order valence-electron chi connectivity index (χ0n) is 8.69. The molecule has 1 saturated heterocycles. The molecule has 0 radical (unpaired) electrons. The maximum absolute atomic E-state index is 9.27. The summed E-state index contributed by atoms with van der Waals surface area (Å²) in [5.74, 6) is 1.20. The molecular formula is C12H16O3. The van der Waals surface area contributed by atoms with Crippen molar-refractivity contribution in [1.29, 1.82) is 0 Å². The third kappa shape index (κ3) is 3.13. The average molecular weight is 208 g/mol. The van der Waals surface area contributed by atoms with Crippen molar-refractivity contribution in [3.8, 4) is 0 Å². The molecule has 0 aromatic rings. The summed E-state index contributed by atoms with van der Waals surface area (Å²) >= 11 is 0. The Labute approximate surface area is 89.7 Å². The van der Waals surface area contributed by atoms with E-state index in [2.05, 4.69) is 0 Å². The molecule has 3 nitrogen and oxygen atoms in total. The van der Waals surface area contributed by atoms with Gasteiger partial charge in [-0.25, -0.2) is 0 Å². The summed E-state index contributed by atoms with van der Waals surface area (Å²) in [6.07, 6.45) is 10.0. The highest BCUT2D eigenvalue weighted by Crippen LogP contribution is 2.18. The molecule has 82 valence electrons. The lowest BCUT2D eigenvalue weighted by Gasteiger charge is -2.24. The van der Waals surface area contributed by atoms with E-state index < -0.39 is 0 Å². The van der Waals surface area contributed by atoms with Crippen molar-refractivity contribution in [2.45, 2.75) is 25.4 Å². The molecule has 2 rings (SSSR count). The molecule has 0 bridgehead atoms. The molecule has 2 aliphatic rings. The summed E-state index contributed by atoms with van der Waals surface area (Å²) in [7, 11) is 0. The molecule has 0 unspecified atom stereocenters. The van der Waals surface area contributed by atoms with Crippen molar-refractivity contribution in [3.63, 3.8) is 0 Å². The second-order valence-corrected chi connectivity index (χ2v) is 3.76. The van der Waals surface area contributed by atoms with Crippen LogP contribution in [0.15, 0.2) is 35.8 Å². The Morgan fingerprint density at radius 1 is 1.27 bits per heavy atom. The minimum atomic E-state index is 0.270. The first-order valence-corrected chi connectivity index (χ1v) is 5.35. The maximum Gasteiger partial charge on any atom is 0.115 e. The molecule has 3 heteroatoms. The zero-order valence-corrected chi connectivity index (χ0v) is 8.69. The first-order chi connectivity index (χ1) is 7.34. The van der Waals surface area contributed by atoms with Crippen LogP contribution in [-0.4, -0.2) is 24.4 Å². The van der Waals surface area contributed by atoms with Crippen LogP contribution >= 0.6 is 0 Å². The van der Waals surface area contributed by atoms with Crippen LogP contribution in [0.4, 0.5) is 0 Å². The van der Waals surface area contributed by atoms with E-state index in [9.17, 15) is 5.11 Å². The lowest BCUT2D eigenvalue weighted by Crippen LogP contribution is -2.23. The summed E-state index contributed by atoms with van der Waals surface area (Å²) < 4.78 is 11.1. The van der Waals surface area contributed by atoms with E-state index in [1.54, 1.807) is 12.2 Å². The number of rotatable bonds is 2. The monoisotopic (exact) mass is 208 g/mol. The molecule has 1 aliphatic heterocycles. The molecule has 1 fully saturated rings. The van der Waals surface area contributed by atoms with E-state index in [1.165, 1.54) is 0 Å². The molecule has 0 amide bonds. The van der Waals surface area contributed by atoms with Gasteiger partial charge in [0.2, 0.25) is 0 Å².